The summed E-state index contributed by atoms with van der Waals surface area (Å²) >= 11 is 15.6. The van der Waals surface area contributed by atoms with Gasteiger partial charge in [0.25, 0.3) is 0 Å². The first-order valence-corrected chi connectivity index (χ1v) is 10.3. The van der Waals surface area contributed by atoms with Crippen LogP contribution in [0.2, 0.25) is 10.2 Å². The molecule has 2 rings (SSSR count). The minimum atomic E-state index is 0. The second-order valence-corrected chi connectivity index (χ2v) is 7.96. The van der Waals surface area contributed by atoms with Gasteiger partial charge < -0.3 is 15.2 Å². The quantitative estimate of drug-likeness (QED) is 0.170. The first kappa shape index (κ1) is 22.9. The number of aromatic nitrogens is 2. The summed E-state index contributed by atoms with van der Waals surface area (Å²) in [4.78, 5) is 8.85. The normalized spacial score (nSPS) is 11.3. The summed E-state index contributed by atoms with van der Waals surface area (Å²) in [6.07, 6.45) is 2.87. The number of nitrogens with zero attached hydrogens (tertiary/aromatic N) is 3. The molecule has 0 aromatic carbocycles. The first-order chi connectivity index (χ1) is 11.6. The molecule has 2 N–H and O–H groups in total. The second-order valence-electron chi connectivity index (χ2n) is 4.96. The lowest BCUT2D eigenvalue weighted by Gasteiger charge is -2.11. The molecule has 2 heterocycles. The molecule has 0 aliphatic rings. The fraction of sp³-hybridized carbons (Fsp3) is 0.467. The van der Waals surface area contributed by atoms with E-state index in [1.807, 2.05) is 36.2 Å². The third-order valence-electron chi connectivity index (χ3n) is 3.21. The summed E-state index contributed by atoms with van der Waals surface area (Å²) in [5.41, 5.74) is 0.974. The van der Waals surface area contributed by atoms with E-state index in [1.165, 1.54) is 0 Å². The van der Waals surface area contributed by atoms with E-state index in [0.717, 1.165) is 41.3 Å². The monoisotopic (exact) mass is 533 g/mol. The predicted octanol–water partition coefficient (Wildman–Crippen LogP) is 4.64. The zero-order valence-corrected chi connectivity index (χ0v) is 19.6. The number of thioether (sulfide) groups is 1. The van der Waals surface area contributed by atoms with Gasteiger partial charge in [-0.25, -0.2) is 9.98 Å². The maximum atomic E-state index is 6.08. The van der Waals surface area contributed by atoms with Crippen LogP contribution in [-0.2, 0) is 13.6 Å². The molecule has 0 bridgehead atoms. The molecule has 0 fully saturated rings. The van der Waals surface area contributed by atoms with Crippen molar-refractivity contribution in [2.24, 2.45) is 12.0 Å². The Morgan fingerprint density at radius 1 is 1.40 bits per heavy atom. The lowest BCUT2D eigenvalue weighted by atomic mass is 10.4. The first-order valence-electron chi connectivity index (χ1n) is 7.66. The van der Waals surface area contributed by atoms with E-state index in [0.29, 0.717) is 16.7 Å². The number of hydrogen-bond acceptors (Lipinski definition) is 4. The summed E-state index contributed by atoms with van der Waals surface area (Å²) in [5, 5.41) is 9.69. The third-order valence-corrected chi connectivity index (χ3v) is 6.10. The number of halogens is 3. The van der Waals surface area contributed by atoms with Crippen LogP contribution in [0.15, 0.2) is 27.0 Å². The van der Waals surface area contributed by atoms with Crippen molar-refractivity contribution in [2.75, 3.05) is 18.8 Å². The molecule has 0 spiro atoms. The molecule has 5 nitrogen and oxygen atoms in total. The molecule has 0 atom stereocenters. The van der Waals surface area contributed by atoms with Crippen molar-refractivity contribution in [3.05, 3.63) is 33.5 Å². The Morgan fingerprint density at radius 2 is 2.20 bits per heavy atom. The van der Waals surface area contributed by atoms with Crippen LogP contribution in [0.3, 0.4) is 0 Å². The SMILES string of the molecule is CCNC(=NCc1cc(Cl)c(Cl)n1C)NCCCSc1nccs1.I. The summed E-state index contributed by atoms with van der Waals surface area (Å²) in [5.74, 6) is 1.83. The fourth-order valence-corrected chi connectivity index (χ4v) is 4.03. The molecule has 10 heteroatoms. The topological polar surface area (TPSA) is 54.2 Å². The van der Waals surface area contributed by atoms with E-state index in [4.69, 9.17) is 23.2 Å². The number of hydrogen-bond donors (Lipinski definition) is 2. The molecule has 2 aromatic rings. The Kier molecular flexibility index (Phi) is 11.2. The van der Waals surface area contributed by atoms with Crippen molar-refractivity contribution in [2.45, 2.75) is 24.2 Å². The summed E-state index contributed by atoms with van der Waals surface area (Å²) < 4.78 is 2.97. The molecule has 0 saturated heterocycles. The molecular formula is C15H22Cl2IN5S2. The zero-order chi connectivity index (χ0) is 17.4. The zero-order valence-electron chi connectivity index (χ0n) is 14.1. The molecule has 0 amide bonds. The van der Waals surface area contributed by atoms with Gasteiger partial charge in [0.2, 0.25) is 0 Å². The van der Waals surface area contributed by atoms with E-state index in [2.05, 4.69) is 20.6 Å². The summed E-state index contributed by atoms with van der Waals surface area (Å²) in [6.45, 7) is 4.24. The highest BCUT2D eigenvalue weighted by molar-refractivity contribution is 14.0. The Hall–Kier alpha value is -0.160. The number of thiazole rings is 1. The lowest BCUT2D eigenvalue weighted by molar-refractivity contribution is 0.773. The number of nitrogens with one attached hydrogen (secondary N) is 2. The summed E-state index contributed by atoms with van der Waals surface area (Å²) in [7, 11) is 1.88. The van der Waals surface area contributed by atoms with Crippen LogP contribution >= 0.6 is 70.3 Å². The average Bonchev–Trinajstić information content (AvgIpc) is 3.17. The molecule has 0 aliphatic carbocycles. The predicted molar refractivity (Wildman–Crippen MR) is 121 cm³/mol. The van der Waals surface area contributed by atoms with Crippen LogP contribution in [0.25, 0.3) is 0 Å². The minimum absolute atomic E-state index is 0. The van der Waals surface area contributed by atoms with Crippen LogP contribution in [0, 0.1) is 0 Å². The van der Waals surface area contributed by atoms with Crippen LogP contribution in [0.1, 0.15) is 19.0 Å². The van der Waals surface area contributed by atoms with Gasteiger partial charge in [-0.1, -0.05) is 35.0 Å². The maximum Gasteiger partial charge on any atom is 0.191 e. The molecule has 2 aromatic heterocycles. The second kappa shape index (κ2) is 12.3. The van der Waals surface area contributed by atoms with Crippen LogP contribution in [0.4, 0.5) is 0 Å². The maximum absolute atomic E-state index is 6.08. The van der Waals surface area contributed by atoms with Gasteiger partial charge in [-0.2, -0.15) is 0 Å². The Morgan fingerprint density at radius 3 is 2.80 bits per heavy atom. The number of rotatable bonds is 8. The van der Waals surface area contributed by atoms with Crippen molar-refractivity contribution >= 4 is 76.2 Å². The van der Waals surface area contributed by atoms with E-state index in [9.17, 15) is 0 Å². The van der Waals surface area contributed by atoms with E-state index in [1.54, 1.807) is 23.1 Å². The van der Waals surface area contributed by atoms with Gasteiger partial charge in [0.05, 0.1) is 11.6 Å². The molecule has 25 heavy (non-hydrogen) atoms. The van der Waals surface area contributed by atoms with Crippen molar-refractivity contribution < 1.29 is 0 Å². The van der Waals surface area contributed by atoms with E-state index in [-0.39, 0.29) is 24.0 Å². The standard InChI is InChI=1S/C15H21Cl2N5S2.HI/c1-3-18-14(19-5-4-7-23-15-20-6-8-24-15)21-10-11-9-12(16)13(17)22(11)2;/h6,8-9H,3-5,7,10H2,1-2H3,(H2,18,19,21);1H. The van der Waals surface area contributed by atoms with Crippen LogP contribution in [0.5, 0.6) is 0 Å². The van der Waals surface area contributed by atoms with Gasteiger partial charge >= 0.3 is 0 Å². The summed E-state index contributed by atoms with van der Waals surface area (Å²) in [6, 6.07) is 1.85. The van der Waals surface area contributed by atoms with Gasteiger partial charge in [-0.15, -0.1) is 35.3 Å². The lowest BCUT2D eigenvalue weighted by Crippen LogP contribution is -2.37. The van der Waals surface area contributed by atoms with Crippen LogP contribution in [-0.4, -0.2) is 34.4 Å². The van der Waals surface area contributed by atoms with Gasteiger partial charge in [0, 0.05) is 43.2 Å². The average molecular weight is 534 g/mol. The molecule has 0 unspecified atom stereocenters. The molecule has 0 radical (unpaired) electrons. The van der Waals surface area contributed by atoms with Gasteiger partial charge in [0.1, 0.15) is 9.49 Å². The van der Waals surface area contributed by atoms with Gasteiger partial charge in [-0.05, 0) is 19.4 Å². The Balaban J connectivity index is 0.00000312. The highest BCUT2D eigenvalue weighted by Crippen LogP contribution is 2.25. The molecular weight excluding hydrogens is 512 g/mol. The van der Waals surface area contributed by atoms with Crippen molar-refractivity contribution in [1.82, 2.24) is 20.2 Å². The van der Waals surface area contributed by atoms with Crippen molar-refractivity contribution in [1.29, 1.82) is 0 Å². The highest BCUT2D eigenvalue weighted by atomic mass is 127. The fourth-order valence-electron chi connectivity index (χ4n) is 1.96. The van der Waals surface area contributed by atoms with E-state index < -0.39 is 0 Å². The van der Waals surface area contributed by atoms with Crippen molar-refractivity contribution in [3.63, 3.8) is 0 Å². The largest absolute Gasteiger partial charge is 0.357 e. The van der Waals surface area contributed by atoms with Gasteiger partial charge in [0.15, 0.2) is 5.96 Å². The third kappa shape index (κ3) is 7.54. The number of aliphatic imine (C=N–C) groups is 1. The van der Waals surface area contributed by atoms with Gasteiger partial charge in [-0.3, -0.25) is 0 Å². The highest BCUT2D eigenvalue weighted by Gasteiger charge is 2.08. The van der Waals surface area contributed by atoms with E-state index >= 15 is 0 Å². The minimum Gasteiger partial charge on any atom is -0.357 e. The van der Waals surface area contributed by atoms with Crippen molar-refractivity contribution in [3.8, 4) is 0 Å². The van der Waals surface area contributed by atoms with Crippen LogP contribution < -0.4 is 10.6 Å². The molecule has 140 valence electrons. The molecule has 0 saturated carbocycles. The number of guanidine groups is 1. The smallest absolute Gasteiger partial charge is 0.191 e. The molecule has 0 aliphatic heterocycles. The Labute approximate surface area is 184 Å². The Bertz CT molecular complexity index is 661.